The number of rotatable bonds is 2. The van der Waals surface area contributed by atoms with E-state index in [1.807, 2.05) is 0 Å². The predicted molar refractivity (Wildman–Crippen MR) is 55.7 cm³/mol. The molecule has 2 fully saturated rings. The molecule has 1 amide bonds. The van der Waals surface area contributed by atoms with Crippen LogP contribution in [0.15, 0.2) is 16.3 Å². The molecule has 80 valence electrons. The number of hydrogen-bond acceptors (Lipinski definition) is 3. The lowest BCUT2D eigenvalue weighted by Gasteiger charge is -2.29. The molecule has 2 saturated heterocycles. The van der Waals surface area contributed by atoms with Crippen LogP contribution < -0.4 is 0 Å². The fraction of sp³-hybridized carbons (Fsp3) is 0.636. The van der Waals surface area contributed by atoms with E-state index in [1.54, 1.807) is 6.21 Å². The summed E-state index contributed by atoms with van der Waals surface area (Å²) in [5.74, 6) is -0.0811. The summed E-state index contributed by atoms with van der Waals surface area (Å²) in [7, 11) is 0. The van der Waals surface area contributed by atoms with Crippen LogP contribution in [0.3, 0.4) is 0 Å². The van der Waals surface area contributed by atoms with E-state index in [2.05, 4.69) is 9.89 Å². The lowest BCUT2D eigenvalue weighted by atomic mass is 10.0. The standard InChI is InChI=1S/C11H14N2O2/c14-11-10(13-4-1-2-5-13)8(7-12-11)9-3-6-15-9/h7,9H,1-6H2. The fourth-order valence-corrected chi connectivity index (χ4v) is 2.35. The van der Waals surface area contributed by atoms with E-state index in [1.165, 1.54) is 12.8 Å². The first-order valence-electron chi connectivity index (χ1n) is 5.55. The summed E-state index contributed by atoms with van der Waals surface area (Å²) in [6, 6.07) is 0. The van der Waals surface area contributed by atoms with Crippen LogP contribution in [-0.2, 0) is 9.53 Å². The highest BCUT2D eigenvalue weighted by Gasteiger charge is 2.33. The first kappa shape index (κ1) is 9.09. The largest absolute Gasteiger partial charge is 0.373 e. The van der Waals surface area contributed by atoms with Crippen molar-refractivity contribution in [1.82, 2.24) is 4.90 Å². The number of carbonyl (C=O) groups is 1. The van der Waals surface area contributed by atoms with Gasteiger partial charge in [-0.3, -0.25) is 4.79 Å². The summed E-state index contributed by atoms with van der Waals surface area (Å²) in [5, 5.41) is 0. The third-order valence-electron chi connectivity index (χ3n) is 3.27. The second-order valence-corrected chi connectivity index (χ2v) is 4.21. The Morgan fingerprint density at radius 3 is 2.73 bits per heavy atom. The maximum absolute atomic E-state index is 11.7. The van der Waals surface area contributed by atoms with Gasteiger partial charge in [0.05, 0.1) is 12.7 Å². The maximum Gasteiger partial charge on any atom is 0.293 e. The van der Waals surface area contributed by atoms with Gasteiger partial charge in [0, 0.05) is 31.3 Å². The van der Waals surface area contributed by atoms with Gasteiger partial charge in [-0.25, -0.2) is 4.99 Å². The molecule has 3 aliphatic rings. The molecule has 0 aromatic heterocycles. The lowest BCUT2D eigenvalue weighted by molar-refractivity contribution is -0.115. The average molecular weight is 206 g/mol. The SMILES string of the molecule is O=C1N=CC(C2CCO2)=C1N1CCCC1. The molecule has 0 aromatic rings. The second kappa shape index (κ2) is 3.45. The Labute approximate surface area is 88.6 Å². The number of nitrogens with zero attached hydrogens (tertiary/aromatic N) is 2. The molecule has 0 aliphatic carbocycles. The summed E-state index contributed by atoms with van der Waals surface area (Å²) in [6.07, 6.45) is 5.19. The minimum absolute atomic E-state index is 0.0811. The summed E-state index contributed by atoms with van der Waals surface area (Å²) in [4.78, 5) is 17.7. The van der Waals surface area contributed by atoms with Crippen LogP contribution in [0.4, 0.5) is 0 Å². The molecular formula is C11H14N2O2. The van der Waals surface area contributed by atoms with Crippen LogP contribution in [0.2, 0.25) is 0 Å². The smallest absolute Gasteiger partial charge is 0.293 e. The molecule has 4 nitrogen and oxygen atoms in total. The van der Waals surface area contributed by atoms with Gasteiger partial charge in [0.1, 0.15) is 5.70 Å². The molecule has 4 heteroatoms. The van der Waals surface area contributed by atoms with Gasteiger partial charge in [-0.15, -0.1) is 0 Å². The molecule has 15 heavy (non-hydrogen) atoms. The van der Waals surface area contributed by atoms with Crippen LogP contribution in [0, 0.1) is 0 Å². The van der Waals surface area contributed by atoms with E-state index in [0.717, 1.165) is 37.4 Å². The predicted octanol–water partition coefficient (Wildman–Crippen LogP) is 0.736. The molecule has 0 radical (unpaired) electrons. The van der Waals surface area contributed by atoms with Crippen LogP contribution >= 0.6 is 0 Å². The van der Waals surface area contributed by atoms with E-state index in [-0.39, 0.29) is 12.0 Å². The van der Waals surface area contributed by atoms with Crippen LogP contribution in [0.25, 0.3) is 0 Å². The Balaban J connectivity index is 1.90. The quantitative estimate of drug-likeness (QED) is 0.669. The maximum atomic E-state index is 11.7. The van der Waals surface area contributed by atoms with Crippen molar-refractivity contribution >= 4 is 12.1 Å². The summed E-state index contributed by atoms with van der Waals surface area (Å²) >= 11 is 0. The molecule has 0 N–H and O–H groups in total. The van der Waals surface area contributed by atoms with Crippen LogP contribution in [0.1, 0.15) is 19.3 Å². The van der Waals surface area contributed by atoms with E-state index >= 15 is 0 Å². The highest BCUT2D eigenvalue weighted by atomic mass is 16.5. The van der Waals surface area contributed by atoms with Crippen LogP contribution in [0.5, 0.6) is 0 Å². The molecule has 1 atom stereocenters. The topological polar surface area (TPSA) is 41.9 Å². The Hall–Kier alpha value is -1.16. The van der Waals surface area contributed by atoms with Gasteiger partial charge in [-0.1, -0.05) is 0 Å². The third kappa shape index (κ3) is 1.40. The molecule has 0 bridgehead atoms. The van der Waals surface area contributed by atoms with Gasteiger partial charge in [0.2, 0.25) is 0 Å². The third-order valence-corrected chi connectivity index (χ3v) is 3.27. The van der Waals surface area contributed by atoms with Gasteiger partial charge in [-0.2, -0.15) is 0 Å². The Morgan fingerprint density at radius 2 is 2.13 bits per heavy atom. The summed E-state index contributed by atoms with van der Waals surface area (Å²) in [6.45, 7) is 2.78. The van der Waals surface area contributed by atoms with Crippen molar-refractivity contribution in [2.75, 3.05) is 19.7 Å². The number of amides is 1. The van der Waals surface area contributed by atoms with E-state index in [4.69, 9.17) is 4.74 Å². The van der Waals surface area contributed by atoms with E-state index < -0.39 is 0 Å². The Morgan fingerprint density at radius 1 is 1.40 bits per heavy atom. The first-order chi connectivity index (χ1) is 7.36. The van der Waals surface area contributed by atoms with Gasteiger partial charge >= 0.3 is 0 Å². The lowest BCUT2D eigenvalue weighted by Crippen LogP contribution is -2.33. The van der Waals surface area contributed by atoms with Crippen molar-refractivity contribution in [2.45, 2.75) is 25.4 Å². The van der Waals surface area contributed by atoms with Crippen LogP contribution in [-0.4, -0.2) is 42.8 Å². The zero-order valence-corrected chi connectivity index (χ0v) is 8.61. The number of carbonyl (C=O) groups excluding carboxylic acids is 1. The van der Waals surface area contributed by atoms with E-state index in [0.29, 0.717) is 0 Å². The number of likely N-dealkylation sites (tertiary alicyclic amines) is 1. The molecule has 3 heterocycles. The van der Waals surface area contributed by atoms with Gasteiger partial charge in [-0.05, 0) is 12.8 Å². The number of aliphatic imine (C=N–C) groups is 1. The highest BCUT2D eigenvalue weighted by molar-refractivity contribution is 6.10. The first-order valence-corrected chi connectivity index (χ1v) is 5.55. The second-order valence-electron chi connectivity index (χ2n) is 4.21. The number of ether oxygens (including phenoxy) is 1. The molecular weight excluding hydrogens is 192 g/mol. The number of hydrogen-bond donors (Lipinski definition) is 0. The van der Waals surface area contributed by atoms with Crippen molar-refractivity contribution in [3.05, 3.63) is 11.3 Å². The van der Waals surface area contributed by atoms with E-state index in [9.17, 15) is 4.79 Å². The average Bonchev–Trinajstić information content (AvgIpc) is 2.72. The van der Waals surface area contributed by atoms with Gasteiger partial charge < -0.3 is 9.64 Å². The summed E-state index contributed by atoms with van der Waals surface area (Å²) in [5.41, 5.74) is 1.81. The zero-order chi connectivity index (χ0) is 10.3. The minimum atomic E-state index is -0.0811. The fourth-order valence-electron chi connectivity index (χ4n) is 2.35. The zero-order valence-electron chi connectivity index (χ0n) is 8.61. The van der Waals surface area contributed by atoms with Crippen molar-refractivity contribution in [1.29, 1.82) is 0 Å². The molecule has 1 unspecified atom stereocenters. The molecule has 3 rings (SSSR count). The van der Waals surface area contributed by atoms with Gasteiger partial charge in [0.25, 0.3) is 5.91 Å². The Bertz CT molecular complexity index is 350. The Kier molecular flexibility index (Phi) is 2.09. The summed E-state index contributed by atoms with van der Waals surface area (Å²) < 4.78 is 5.42. The minimum Gasteiger partial charge on any atom is -0.373 e. The monoisotopic (exact) mass is 206 g/mol. The highest BCUT2D eigenvalue weighted by Crippen LogP contribution is 2.29. The molecule has 0 spiro atoms. The van der Waals surface area contributed by atoms with Crippen molar-refractivity contribution < 1.29 is 9.53 Å². The molecule has 0 saturated carbocycles. The molecule has 0 aromatic carbocycles. The van der Waals surface area contributed by atoms with Crippen molar-refractivity contribution in [3.8, 4) is 0 Å². The van der Waals surface area contributed by atoms with Crippen molar-refractivity contribution in [2.24, 2.45) is 4.99 Å². The van der Waals surface area contributed by atoms with Crippen molar-refractivity contribution in [3.63, 3.8) is 0 Å². The van der Waals surface area contributed by atoms with Gasteiger partial charge in [0.15, 0.2) is 0 Å². The normalized spacial score (nSPS) is 30.3. The molecule has 3 aliphatic heterocycles.